The zero-order valence-electron chi connectivity index (χ0n) is 16.1. The average molecular weight is 393 g/mol. The van der Waals surface area contributed by atoms with Gasteiger partial charge < -0.3 is 4.42 Å². The van der Waals surface area contributed by atoms with Gasteiger partial charge in [-0.3, -0.25) is 0 Å². The molecule has 0 atom stereocenters. The van der Waals surface area contributed by atoms with Crippen molar-refractivity contribution in [3.63, 3.8) is 0 Å². The van der Waals surface area contributed by atoms with Gasteiger partial charge in [0.1, 0.15) is 22.4 Å². The number of hydrogen-bond acceptors (Lipinski definition) is 1. The van der Waals surface area contributed by atoms with E-state index in [1.165, 1.54) is 16.2 Å². The average Bonchev–Trinajstić information content (AvgIpc) is 3.24. The summed E-state index contributed by atoms with van der Waals surface area (Å²) < 4.78 is 6.56. The van der Waals surface area contributed by atoms with E-state index in [0.29, 0.717) is 0 Å². The Balaban J connectivity index is 1.82. The quantitative estimate of drug-likeness (QED) is 0.338. The van der Waals surface area contributed by atoms with Crippen LogP contribution in [-0.4, -0.2) is 0 Å². The second-order valence-electron chi connectivity index (χ2n) is 7.25. The first-order chi connectivity index (χ1) is 14.4. The maximum absolute atomic E-state index is 6.56. The number of fused-ring (bicyclic) bond motifs is 1. The van der Waals surface area contributed by atoms with Gasteiger partial charge in [0, 0.05) is 11.5 Å². The Morgan fingerprint density at radius 1 is 0.552 bits per heavy atom. The van der Waals surface area contributed by atoms with Gasteiger partial charge in [-0.25, -0.2) is 0 Å². The summed E-state index contributed by atoms with van der Waals surface area (Å²) in [5, 5.41) is 3.84. The van der Waals surface area contributed by atoms with Gasteiger partial charge in [-0.2, -0.15) is 0 Å². The standard InChI is InChI=1S/C27H22OP/c1-4-12-22(13-5-1)21-29(24-15-6-2-7-16-24,25-17-8-3-9-18-25)27-20-23-14-10-11-19-26(23)28-27/h1-20H,21H2/q+1. The largest absolute Gasteiger partial charge is 0.426 e. The second-order valence-corrected chi connectivity index (χ2v) is 10.7. The highest BCUT2D eigenvalue weighted by molar-refractivity contribution is 7.94. The van der Waals surface area contributed by atoms with E-state index in [1.807, 2.05) is 6.07 Å². The molecule has 0 bridgehead atoms. The number of furan rings is 1. The molecule has 0 amide bonds. The van der Waals surface area contributed by atoms with Crippen LogP contribution in [0.15, 0.2) is 126 Å². The van der Waals surface area contributed by atoms with Crippen molar-refractivity contribution in [2.45, 2.75) is 6.16 Å². The molecule has 1 nitrogen and oxygen atoms in total. The zero-order chi connectivity index (χ0) is 19.5. The van der Waals surface area contributed by atoms with Gasteiger partial charge in [-0.05, 0) is 35.9 Å². The van der Waals surface area contributed by atoms with Crippen molar-refractivity contribution >= 4 is 34.3 Å². The monoisotopic (exact) mass is 393 g/mol. The van der Waals surface area contributed by atoms with Gasteiger partial charge in [0.2, 0.25) is 0 Å². The Morgan fingerprint density at radius 2 is 1.07 bits per heavy atom. The Hall–Kier alpha value is -3.15. The number of hydrogen-bond donors (Lipinski definition) is 0. The molecule has 0 unspecified atom stereocenters. The Morgan fingerprint density at radius 3 is 1.66 bits per heavy atom. The topological polar surface area (TPSA) is 13.1 Å². The third-order valence-electron chi connectivity index (χ3n) is 5.45. The van der Waals surface area contributed by atoms with E-state index >= 15 is 0 Å². The third kappa shape index (κ3) is 3.28. The summed E-state index contributed by atoms with van der Waals surface area (Å²) in [7, 11) is -2.01. The summed E-state index contributed by atoms with van der Waals surface area (Å²) in [6, 6.07) is 43.1. The maximum atomic E-state index is 6.56. The number of para-hydroxylation sites is 1. The fraction of sp³-hybridized carbons (Fsp3) is 0.0370. The third-order valence-corrected chi connectivity index (χ3v) is 9.62. The molecule has 0 fully saturated rings. The molecule has 0 N–H and O–H groups in total. The lowest BCUT2D eigenvalue weighted by molar-refractivity contribution is 0.653. The van der Waals surface area contributed by atoms with Gasteiger partial charge in [0.25, 0.3) is 5.50 Å². The molecular weight excluding hydrogens is 371 g/mol. The van der Waals surface area contributed by atoms with Crippen molar-refractivity contribution in [3.8, 4) is 0 Å². The minimum atomic E-state index is -2.01. The van der Waals surface area contributed by atoms with E-state index in [0.717, 1.165) is 22.6 Å². The molecule has 0 radical (unpaired) electrons. The van der Waals surface area contributed by atoms with Crippen LogP contribution in [0.25, 0.3) is 11.0 Å². The van der Waals surface area contributed by atoms with Crippen molar-refractivity contribution in [1.82, 2.24) is 0 Å². The van der Waals surface area contributed by atoms with Crippen molar-refractivity contribution < 1.29 is 4.42 Å². The molecule has 1 heterocycles. The van der Waals surface area contributed by atoms with Crippen LogP contribution in [0.4, 0.5) is 0 Å². The van der Waals surface area contributed by atoms with Gasteiger partial charge in [0.15, 0.2) is 7.26 Å². The smallest absolute Gasteiger partial charge is 0.257 e. The van der Waals surface area contributed by atoms with E-state index in [2.05, 4.69) is 115 Å². The fourth-order valence-electron chi connectivity index (χ4n) is 4.04. The molecule has 1 aromatic heterocycles. The van der Waals surface area contributed by atoms with E-state index in [1.54, 1.807) is 0 Å². The first-order valence-electron chi connectivity index (χ1n) is 9.89. The van der Waals surface area contributed by atoms with Crippen LogP contribution in [0.2, 0.25) is 0 Å². The predicted octanol–water partition coefficient (Wildman–Crippen LogP) is 5.93. The van der Waals surface area contributed by atoms with Crippen LogP contribution in [-0.2, 0) is 6.16 Å². The fourth-order valence-corrected chi connectivity index (χ4v) is 8.10. The molecule has 29 heavy (non-hydrogen) atoms. The lowest BCUT2D eigenvalue weighted by Crippen LogP contribution is -2.31. The van der Waals surface area contributed by atoms with Crippen molar-refractivity contribution in [2.75, 3.05) is 0 Å². The van der Waals surface area contributed by atoms with Crippen LogP contribution in [0.1, 0.15) is 5.56 Å². The minimum absolute atomic E-state index is 0.932. The van der Waals surface area contributed by atoms with Gasteiger partial charge in [-0.1, -0.05) is 84.9 Å². The van der Waals surface area contributed by atoms with Crippen LogP contribution in [0, 0.1) is 0 Å². The van der Waals surface area contributed by atoms with Crippen LogP contribution in [0.5, 0.6) is 0 Å². The molecule has 0 aliphatic carbocycles. The van der Waals surface area contributed by atoms with Crippen molar-refractivity contribution in [1.29, 1.82) is 0 Å². The highest BCUT2D eigenvalue weighted by Gasteiger charge is 2.48. The summed E-state index contributed by atoms with van der Waals surface area (Å²) in [6.45, 7) is 0. The number of rotatable bonds is 5. The Labute approximate surface area is 172 Å². The van der Waals surface area contributed by atoms with Crippen LogP contribution >= 0.6 is 7.26 Å². The molecule has 4 aromatic carbocycles. The SMILES string of the molecule is c1ccc(C[P+](c2ccccc2)(c2ccccc2)c2cc3ccccc3o2)cc1. The van der Waals surface area contributed by atoms with Gasteiger partial charge in [0.05, 0.1) is 0 Å². The molecule has 0 aliphatic heterocycles. The minimum Gasteiger partial charge on any atom is -0.426 e. The molecular formula is C27H22OP+. The van der Waals surface area contributed by atoms with Crippen molar-refractivity contribution in [2.24, 2.45) is 0 Å². The molecule has 0 spiro atoms. The summed E-state index contributed by atoms with van der Waals surface area (Å²) in [6.07, 6.45) is 0.932. The van der Waals surface area contributed by atoms with Crippen LogP contribution < -0.4 is 16.1 Å². The summed E-state index contributed by atoms with van der Waals surface area (Å²) in [5.74, 6) is 0. The first-order valence-corrected chi connectivity index (χ1v) is 11.9. The van der Waals surface area contributed by atoms with E-state index in [9.17, 15) is 0 Å². The highest BCUT2D eigenvalue weighted by Crippen LogP contribution is 2.58. The van der Waals surface area contributed by atoms with Gasteiger partial charge in [-0.15, -0.1) is 0 Å². The second kappa shape index (κ2) is 7.70. The van der Waals surface area contributed by atoms with Gasteiger partial charge >= 0.3 is 0 Å². The lowest BCUT2D eigenvalue weighted by Gasteiger charge is -2.25. The van der Waals surface area contributed by atoms with E-state index in [-0.39, 0.29) is 0 Å². The maximum Gasteiger partial charge on any atom is 0.257 e. The molecule has 0 aliphatic rings. The Kier molecular flexibility index (Phi) is 4.76. The lowest BCUT2D eigenvalue weighted by atomic mass is 10.2. The highest BCUT2D eigenvalue weighted by atomic mass is 31.2. The molecule has 5 aromatic rings. The summed E-state index contributed by atoms with van der Waals surface area (Å²) in [5.41, 5.74) is 3.36. The van der Waals surface area contributed by atoms with Crippen LogP contribution in [0.3, 0.4) is 0 Å². The Bertz CT molecular complexity index is 1140. The van der Waals surface area contributed by atoms with E-state index in [4.69, 9.17) is 4.42 Å². The summed E-state index contributed by atoms with van der Waals surface area (Å²) in [4.78, 5) is 0. The molecule has 140 valence electrons. The molecule has 0 saturated heterocycles. The predicted molar refractivity (Wildman–Crippen MR) is 125 cm³/mol. The van der Waals surface area contributed by atoms with E-state index < -0.39 is 7.26 Å². The molecule has 5 rings (SSSR count). The number of benzene rings is 4. The first kappa shape index (κ1) is 17.9. The normalized spacial score (nSPS) is 11.6. The zero-order valence-corrected chi connectivity index (χ0v) is 17.0. The molecule has 2 heteroatoms. The van der Waals surface area contributed by atoms with Crippen molar-refractivity contribution in [3.05, 3.63) is 127 Å². The molecule has 0 saturated carbocycles. The summed E-state index contributed by atoms with van der Waals surface area (Å²) >= 11 is 0.